The molecule has 0 atom stereocenters. The van der Waals surface area contributed by atoms with Crippen molar-refractivity contribution < 1.29 is 0 Å². The van der Waals surface area contributed by atoms with E-state index in [-0.39, 0.29) is 11.1 Å². The normalized spacial score (nSPS) is 12.1. The molecule has 7 heterocycles. The first kappa shape index (κ1) is 36.2. The van der Waals surface area contributed by atoms with Crippen LogP contribution >= 0.6 is 79.4 Å². The van der Waals surface area contributed by atoms with E-state index in [1.165, 1.54) is 34.1 Å². The Morgan fingerprint density at radius 3 is 1.20 bits per heavy atom. The van der Waals surface area contributed by atoms with Gasteiger partial charge in [0.2, 0.25) is 0 Å². The second kappa shape index (κ2) is 14.0. The summed E-state index contributed by atoms with van der Waals surface area (Å²) in [5.41, 5.74) is 14.2. The molecule has 51 heavy (non-hydrogen) atoms. The maximum atomic E-state index is 6.40. The zero-order chi connectivity index (χ0) is 36.2. The Bertz CT molecular complexity index is 2310. The van der Waals surface area contributed by atoms with Gasteiger partial charge in [0.1, 0.15) is 21.7 Å². The van der Waals surface area contributed by atoms with Gasteiger partial charge in [-0.1, -0.05) is 0 Å². The highest BCUT2D eigenvalue weighted by molar-refractivity contribution is 7.31. The molecule has 0 bridgehead atoms. The van der Waals surface area contributed by atoms with Gasteiger partial charge in [-0.3, -0.25) is 0 Å². The molecule has 266 valence electrons. The molecule has 15 heteroatoms. The summed E-state index contributed by atoms with van der Waals surface area (Å²) in [5, 5.41) is 15.5. The molecular weight excluding hydrogens is 769 g/mol. The first-order valence-corrected chi connectivity index (χ1v) is 21.9. The quantitative estimate of drug-likeness (QED) is 0.0721. The van der Waals surface area contributed by atoms with Crippen LogP contribution in [0.2, 0.25) is 0 Å². The molecule has 0 radical (unpaired) electrons. The number of rotatable bonds is 12. The minimum atomic E-state index is -0.372. The molecular formula is C36H40N8S7. The maximum Gasteiger partial charge on any atom is 0.146 e. The lowest BCUT2D eigenvalue weighted by molar-refractivity contribution is 0.567. The van der Waals surface area contributed by atoms with Gasteiger partial charge in [-0.05, 0) is 76.2 Å². The summed E-state index contributed by atoms with van der Waals surface area (Å²) < 4.78 is 0. The van der Waals surface area contributed by atoms with Gasteiger partial charge in [-0.25, -0.2) is 9.97 Å². The second-order valence-corrected chi connectivity index (χ2v) is 20.4. The second-order valence-electron chi connectivity index (χ2n) is 13.0. The topological polar surface area (TPSA) is 126 Å². The number of nitrogens with two attached hydrogens (primary N) is 2. The van der Waals surface area contributed by atoms with E-state index in [0.29, 0.717) is 0 Å². The van der Waals surface area contributed by atoms with Crippen molar-refractivity contribution in [2.45, 2.75) is 38.8 Å². The van der Waals surface area contributed by atoms with E-state index < -0.39 is 0 Å². The third kappa shape index (κ3) is 7.03. The van der Waals surface area contributed by atoms with E-state index in [1.807, 2.05) is 53.4 Å². The van der Waals surface area contributed by atoms with E-state index in [4.69, 9.17) is 21.4 Å². The highest BCUT2D eigenvalue weighted by Crippen LogP contribution is 2.53. The van der Waals surface area contributed by atoms with Crippen molar-refractivity contribution >= 4 is 102 Å². The molecule has 7 aromatic rings. The van der Waals surface area contributed by atoms with E-state index in [1.54, 1.807) is 68.0 Å². The molecule has 0 aliphatic rings. The summed E-state index contributed by atoms with van der Waals surface area (Å²) >= 11 is 12.2. The number of hydrogen-bond acceptors (Lipinski definition) is 15. The predicted octanol–water partition coefficient (Wildman–Crippen LogP) is 11.5. The molecule has 8 nitrogen and oxygen atoms in total. The van der Waals surface area contributed by atoms with Crippen LogP contribution in [0.1, 0.15) is 37.4 Å². The minimum absolute atomic E-state index is 0.346. The van der Waals surface area contributed by atoms with Crippen molar-refractivity contribution in [3.05, 3.63) is 58.3 Å². The molecule has 0 aliphatic carbocycles. The SMILES string of the molecule is CNc1cc(-c2ccc(-c3ccc(C(C)(C)N)s3)s2)sc1-c1nc(NC)c(-c2sc(-c3sc(-c4ccc(C(C)(C)N)s4)cc3NC)nc2NC)s1. The van der Waals surface area contributed by atoms with Gasteiger partial charge in [-0.2, -0.15) is 0 Å². The Hall–Kier alpha value is -3.12. The molecule has 0 saturated heterocycles. The van der Waals surface area contributed by atoms with Crippen LogP contribution in [0.3, 0.4) is 0 Å². The lowest BCUT2D eigenvalue weighted by Crippen LogP contribution is -2.27. The van der Waals surface area contributed by atoms with Gasteiger partial charge >= 0.3 is 0 Å². The van der Waals surface area contributed by atoms with Gasteiger partial charge in [-0.15, -0.1) is 79.4 Å². The number of anilines is 4. The van der Waals surface area contributed by atoms with Gasteiger partial charge in [0.25, 0.3) is 0 Å². The summed E-state index contributed by atoms with van der Waals surface area (Å²) in [7, 11) is 7.80. The average Bonchev–Trinajstić information content (AvgIpc) is 3.94. The Morgan fingerprint density at radius 2 is 0.824 bits per heavy atom. The van der Waals surface area contributed by atoms with Crippen LogP contribution in [0.15, 0.2) is 48.5 Å². The van der Waals surface area contributed by atoms with Crippen molar-refractivity contribution in [3.8, 4) is 58.8 Å². The summed E-state index contributed by atoms with van der Waals surface area (Å²) in [6.45, 7) is 8.19. The summed E-state index contributed by atoms with van der Waals surface area (Å²) in [6, 6.07) is 17.5. The number of nitrogens with one attached hydrogen (secondary N) is 4. The third-order valence-electron chi connectivity index (χ3n) is 8.14. The predicted molar refractivity (Wildman–Crippen MR) is 232 cm³/mol. The Kier molecular flexibility index (Phi) is 9.97. The smallest absolute Gasteiger partial charge is 0.146 e. The number of hydrogen-bond donors (Lipinski definition) is 6. The molecule has 0 amide bonds. The van der Waals surface area contributed by atoms with E-state index in [9.17, 15) is 0 Å². The summed E-state index contributed by atoms with van der Waals surface area (Å²) in [4.78, 5) is 24.3. The fourth-order valence-electron chi connectivity index (χ4n) is 5.43. The molecule has 0 aliphatic heterocycles. The third-order valence-corrected chi connectivity index (χ3v) is 17.5. The number of nitrogens with zero attached hydrogens (tertiary/aromatic N) is 2. The maximum absolute atomic E-state index is 6.40. The highest BCUT2D eigenvalue weighted by Gasteiger charge is 2.26. The van der Waals surface area contributed by atoms with Crippen LogP contribution in [-0.4, -0.2) is 38.2 Å². The Labute approximate surface area is 326 Å². The van der Waals surface area contributed by atoms with Crippen molar-refractivity contribution in [2.24, 2.45) is 11.5 Å². The van der Waals surface area contributed by atoms with Crippen LogP contribution in [0.5, 0.6) is 0 Å². The van der Waals surface area contributed by atoms with Gasteiger partial charge in [0.05, 0.1) is 30.9 Å². The number of thiophene rings is 5. The van der Waals surface area contributed by atoms with E-state index in [2.05, 4.69) is 83.6 Å². The zero-order valence-corrected chi connectivity index (χ0v) is 35.2. The first-order chi connectivity index (χ1) is 24.3. The molecule has 0 fully saturated rings. The average molecular weight is 809 g/mol. The van der Waals surface area contributed by atoms with E-state index >= 15 is 0 Å². The van der Waals surface area contributed by atoms with Crippen molar-refractivity contribution in [3.63, 3.8) is 0 Å². The van der Waals surface area contributed by atoms with E-state index in [0.717, 1.165) is 57.4 Å². The number of aromatic nitrogens is 2. The Morgan fingerprint density at radius 1 is 0.451 bits per heavy atom. The standard InChI is InChI=1S/C36H40N8S7/c1-35(2,37)25-13-11-20(46-25)19-9-10-21(45-19)23-15-17(39-5)27(48-23)33-43-31(41-7)29(50-33)30-32(42-8)44-34(51-30)28-18(40-6)16-24(49-28)22-12-14-26(47-22)36(3,4)38/h9-16,39-42H,37-38H2,1-8H3. The van der Waals surface area contributed by atoms with Crippen LogP contribution < -0.4 is 32.7 Å². The van der Waals surface area contributed by atoms with Crippen LogP contribution in [0.25, 0.3) is 58.8 Å². The van der Waals surface area contributed by atoms with Crippen LogP contribution in [-0.2, 0) is 11.1 Å². The van der Waals surface area contributed by atoms with Crippen LogP contribution in [0.4, 0.5) is 23.0 Å². The molecule has 0 unspecified atom stereocenters. The van der Waals surface area contributed by atoms with Crippen molar-refractivity contribution in [1.29, 1.82) is 0 Å². The van der Waals surface area contributed by atoms with Crippen molar-refractivity contribution in [1.82, 2.24) is 9.97 Å². The van der Waals surface area contributed by atoms with Crippen LogP contribution in [0, 0.1) is 0 Å². The molecule has 8 N–H and O–H groups in total. The van der Waals surface area contributed by atoms with Gasteiger partial charge in [0.15, 0.2) is 0 Å². The zero-order valence-electron chi connectivity index (χ0n) is 29.5. The lowest BCUT2D eigenvalue weighted by atomic mass is 10.1. The largest absolute Gasteiger partial charge is 0.387 e. The fraction of sp³-hybridized carbons (Fsp3) is 0.278. The molecule has 0 aromatic carbocycles. The minimum Gasteiger partial charge on any atom is -0.387 e. The molecule has 0 saturated carbocycles. The highest BCUT2D eigenvalue weighted by atomic mass is 32.1. The monoisotopic (exact) mass is 808 g/mol. The van der Waals surface area contributed by atoms with Gasteiger partial charge in [0, 0.05) is 78.3 Å². The van der Waals surface area contributed by atoms with Gasteiger partial charge < -0.3 is 32.7 Å². The summed E-state index contributed by atoms with van der Waals surface area (Å²) in [5.74, 6) is 1.67. The molecule has 7 aromatic heterocycles. The fourth-order valence-corrected chi connectivity index (χ4v) is 13.5. The summed E-state index contributed by atoms with van der Waals surface area (Å²) in [6.07, 6.45) is 0. The number of thiazole rings is 2. The first-order valence-electron chi connectivity index (χ1n) is 16.2. The van der Waals surface area contributed by atoms with Crippen molar-refractivity contribution in [2.75, 3.05) is 49.5 Å². The lowest BCUT2D eigenvalue weighted by Gasteiger charge is -2.15. The molecule has 7 rings (SSSR count). The Balaban J connectivity index is 1.22. The molecule has 0 spiro atoms.